The molecule has 4 heteroatoms. The first kappa shape index (κ1) is 15.5. The van der Waals surface area contributed by atoms with Gasteiger partial charge in [0.05, 0.1) is 0 Å². The van der Waals surface area contributed by atoms with E-state index >= 15 is 0 Å². The number of carbonyl (C=O) groups is 1. The Kier molecular flexibility index (Phi) is 4.99. The highest BCUT2D eigenvalue weighted by molar-refractivity contribution is 6.30. The van der Waals surface area contributed by atoms with Crippen molar-refractivity contribution in [2.24, 2.45) is 5.73 Å². The molecule has 0 aliphatic carbocycles. The number of hydrogen-bond donors (Lipinski definition) is 2. The first-order chi connectivity index (χ1) is 9.97. The minimum absolute atomic E-state index is 0.193. The Bertz CT molecular complexity index is 655. The van der Waals surface area contributed by atoms with E-state index in [4.69, 9.17) is 17.3 Å². The monoisotopic (exact) mass is 302 g/mol. The van der Waals surface area contributed by atoms with E-state index in [1.165, 1.54) is 0 Å². The largest absolute Gasteiger partial charge is 0.366 e. The minimum Gasteiger partial charge on any atom is -0.366 e. The molecule has 0 spiro atoms. The zero-order valence-corrected chi connectivity index (χ0v) is 12.9. The van der Waals surface area contributed by atoms with Gasteiger partial charge in [-0.3, -0.25) is 4.79 Å². The molecular formula is C17H19ClN2O. The summed E-state index contributed by atoms with van der Waals surface area (Å²) in [5.41, 5.74) is 9.17. The molecule has 0 heterocycles. The summed E-state index contributed by atoms with van der Waals surface area (Å²) >= 11 is 6.01. The Morgan fingerprint density at radius 3 is 2.67 bits per heavy atom. The lowest BCUT2D eigenvalue weighted by Crippen LogP contribution is -2.19. The van der Waals surface area contributed by atoms with Crippen LogP contribution in [0.5, 0.6) is 0 Å². The number of nitrogens with two attached hydrogens (primary N) is 1. The molecule has 2 rings (SSSR count). The second-order valence-corrected chi connectivity index (χ2v) is 5.60. The smallest absolute Gasteiger partial charge is 0.248 e. The molecule has 0 bridgehead atoms. The van der Waals surface area contributed by atoms with Crippen LogP contribution in [0.2, 0.25) is 5.02 Å². The average Bonchev–Trinajstić information content (AvgIpc) is 2.45. The zero-order valence-electron chi connectivity index (χ0n) is 12.2. The molecule has 0 aliphatic heterocycles. The van der Waals surface area contributed by atoms with Crippen LogP contribution in [0.1, 0.15) is 40.0 Å². The molecule has 0 saturated heterocycles. The summed E-state index contributed by atoms with van der Waals surface area (Å²) in [6, 6.07) is 13.5. The number of halogens is 1. The lowest BCUT2D eigenvalue weighted by atomic mass is 10.0. The standard InChI is InChI=1S/C17H19ClN2O/c1-11-8-14(17(19)21)6-7-15(11)10-20-12(2)13-4-3-5-16(18)9-13/h3-9,12,20H,10H2,1-2H3,(H2,19,21)/t12-/m0/s1. The maximum Gasteiger partial charge on any atom is 0.248 e. The molecule has 0 saturated carbocycles. The molecule has 3 N–H and O–H groups in total. The van der Waals surface area contributed by atoms with Crippen molar-refractivity contribution >= 4 is 17.5 Å². The van der Waals surface area contributed by atoms with E-state index < -0.39 is 5.91 Å². The van der Waals surface area contributed by atoms with E-state index in [0.717, 1.165) is 28.3 Å². The first-order valence-electron chi connectivity index (χ1n) is 6.85. The van der Waals surface area contributed by atoms with Crippen LogP contribution in [0.4, 0.5) is 0 Å². The molecule has 1 atom stereocenters. The number of primary amides is 1. The van der Waals surface area contributed by atoms with Crippen molar-refractivity contribution in [3.63, 3.8) is 0 Å². The molecule has 2 aromatic rings. The van der Waals surface area contributed by atoms with Gasteiger partial charge in [-0.1, -0.05) is 29.8 Å². The molecule has 110 valence electrons. The topological polar surface area (TPSA) is 55.1 Å². The summed E-state index contributed by atoms with van der Waals surface area (Å²) in [7, 11) is 0. The fraction of sp³-hybridized carbons (Fsp3) is 0.235. The predicted molar refractivity (Wildman–Crippen MR) is 86.4 cm³/mol. The van der Waals surface area contributed by atoms with Crippen molar-refractivity contribution in [2.75, 3.05) is 0 Å². The van der Waals surface area contributed by atoms with E-state index in [1.54, 1.807) is 6.07 Å². The van der Waals surface area contributed by atoms with Crippen LogP contribution in [0, 0.1) is 6.92 Å². The number of nitrogens with one attached hydrogen (secondary N) is 1. The molecule has 1 amide bonds. The summed E-state index contributed by atoms with van der Waals surface area (Å²) in [5, 5.41) is 4.20. The number of hydrogen-bond acceptors (Lipinski definition) is 2. The lowest BCUT2D eigenvalue weighted by Gasteiger charge is -2.16. The van der Waals surface area contributed by atoms with E-state index in [0.29, 0.717) is 5.56 Å². The third-order valence-electron chi connectivity index (χ3n) is 3.57. The summed E-state index contributed by atoms with van der Waals surface area (Å²) in [5.74, 6) is -0.398. The van der Waals surface area contributed by atoms with Gasteiger partial charge in [0.25, 0.3) is 0 Å². The van der Waals surface area contributed by atoms with E-state index in [2.05, 4.69) is 12.2 Å². The molecule has 2 aromatic carbocycles. The van der Waals surface area contributed by atoms with E-state index in [-0.39, 0.29) is 6.04 Å². The van der Waals surface area contributed by atoms with Crippen LogP contribution in [0.25, 0.3) is 0 Å². The van der Waals surface area contributed by atoms with E-state index in [9.17, 15) is 4.79 Å². The van der Waals surface area contributed by atoms with Crippen molar-refractivity contribution in [1.29, 1.82) is 0 Å². The third kappa shape index (κ3) is 4.06. The van der Waals surface area contributed by atoms with Crippen molar-refractivity contribution in [1.82, 2.24) is 5.32 Å². The number of aryl methyl sites for hydroxylation is 1. The van der Waals surface area contributed by atoms with Gasteiger partial charge in [0, 0.05) is 23.2 Å². The second kappa shape index (κ2) is 6.74. The number of benzene rings is 2. The molecular weight excluding hydrogens is 284 g/mol. The van der Waals surface area contributed by atoms with Crippen molar-refractivity contribution < 1.29 is 4.79 Å². The van der Waals surface area contributed by atoms with Crippen LogP contribution >= 0.6 is 11.6 Å². The van der Waals surface area contributed by atoms with Crippen LogP contribution in [-0.4, -0.2) is 5.91 Å². The van der Waals surface area contributed by atoms with Crippen LogP contribution < -0.4 is 11.1 Å². The number of rotatable bonds is 5. The number of carbonyl (C=O) groups excluding carboxylic acids is 1. The van der Waals surface area contributed by atoms with Crippen LogP contribution in [-0.2, 0) is 6.54 Å². The minimum atomic E-state index is -0.398. The highest BCUT2D eigenvalue weighted by Crippen LogP contribution is 2.18. The summed E-state index contributed by atoms with van der Waals surface area (Å²) in [6.07, 6.45) is 0. The zero-order chi connectivity index (χ0) is 15.4. The van der Waals surface area contributed by atoms with Gasteiger partial charge in [-0.15, -0.1) is 0 Å². The van der Waals surface area contributed by atoms with Gasteiger partial charge < -0.3 is 11.1 Å². The molecule has 0 unspecified atom stereocenters. The fourth-order valence-corrected chi connectivity index (χ4v) is 2.40. The maximum atomic E-state index is 11.1. The summed E-state index contributed by atoms with van der Waals surface area (Å²) in [4.78, 5) is 11.1. The highest BCUT2D eigenvalue weighted by Gasteiger charge is 2.08. The molecule has 0 radical (unpaired) electrons. The van der Waals surface area contributed by atoms with Crippen molar-refractivity contribution in [2.45, 2.75) is 26.4 Å². The van der Waals surface area contributed by atoms with Crippen molar-refractivity contribution in [3.05, 3.63) is 69.7 Å². The Labute approximate surface area is 130 Å². The van der Waals surface area contributed by atoms with Gasteiger partial charge in [0.15, 0.2) is 0 Å². The Morgan fingerprint density at radius 1 is 1.29 bits per heavy atom. The molecule has 0 fully saturated rings. The second-order valence-electron chi connectivity index (χ2n) is 5.16. The lowest BCUT2D eigenvalue weighted by molar-refractivity contribution is 0.1000. The van der Waals surface area contributed by atoms with Gasteiger partial charge >= 0.3 is 0 Å². The Morgan fingerprint density at radius 2 is 2.05 bits per heavy atom. The van der Waals surface area contributed by atoms with Gasteiger partial charge in [-0.2, -0.15) is 0 Å². The average molecular weight is 303 g/mol. The fourth-order valence-electron chi connectivity index (χ4n) is 2.20. The molecule has 0 aliphatic rings. The van der Waals surface area contributed by atoms with Gasteiger partial charge in [0.2, 0.25) is 5.91 Å². The highest BCUT2D eigenvalue weighted by atomic mass is 35.5. The first-order valence-corrected chi connectivity index (χ1v) is 7.23. The Balaban J connectivity index is 2.04. The van der Waals surface area contributed by atoms with E-state index in [1.807, 2.05) is 43.3 Å². The molecule has 0 aromatic heterocycles. The summed E-state index contributed by atoms with van der Waals surface area (Å²) in [6.45, 7) is 4.80. The molecule has 21 heavy (non-hydrogen) atoms. The number of amides is 1. The van der Waals surface area contributed by atoms with Gasteiger partial charge in [0.1, 0.15) is 0 Å². The van der Waals surface area contributed by atoms with Gasteiger partial charge in [-0.25, -0.2) is 0 Å². The Hall–Kier alpha value is -1.84. The predicted octanol–water partition coefficient (Wildman–Crippen LogP) is 3.60. The molecule has 3 nitrogen and oxygen atoms in total. The quantitative estimate of drug-likeness (QED) is 0.886. The van der Waals surface area contributed by atoms with Crippen LogP contribution in [0.15, 0.2) is 42.5 Å². The maximum absolute atomic E-state index is 11.1. The summed E-state index contributed by atoms with van der Waals surface area (Å²) < 4.78 is 0. The van der Waals surface area contributed by atoms with Crippen LogP contribution in [0.3, 0.4) is 0 Å². The van der Waals surface area contributed by atoms with Crippen molar-refractivity contribution in [3.8, 4) is 0 Å². The SMILES string of the molecule is Cc1cc(C(N)=O)ccc1CN[C@@H](C)c1cccc(Cl)c1. The normalized spacial score (nSPS) is 12.1. The van der Waals surface area contributed by atoms with Gasteiger partial charge in [-0.05, 0) is 54.8 Å². The third-order valence-corrected chi connectivity index (χ3v) is 3.81.